The van der Waals surface area contributed by atoms with Crippen molar-refractivity contribution in [2.75, 3.05) is 0 Å². The van der Waals surface area contributed by atoms with Gasteiger partial charge < -0.3 is 9.13 Å². The number of aromatic nitrogens is 7. The van der Waals surface area contributed by atoms with E-state index in [-0.39, 0.29) is 0 Å². The van der Waals surface area contributed by atoms with E-state index < -0.39 is 5.95 Å². The van der Waals surface area contributed by atoms with E-state index in [4.69, 9.17) is 0 Å². The average molecular weight is 351 g/mol. The van der Waals surface area contributed by atoms with Gasteiger partial charge in [-0.2, -0.15) is 9.49 Å². The molecular weight excluding hydrogens is 333 g/mol. The number of hydrogen-bond donors (Lipinski definition) is 0. The number of imidazole rings is 2. The summed E-state index contributed by atoms with van der Waals surface area (Å²) in [7, 11) is 1.91. The van der Waals surface area contributed by atoms with Crippen molar-refractivity contribution in [3.8, 4) is 11.5 Å². The molecule has 4 aromatic heterocycles. The summed E-state index contributed by atoms with van der Waals surface area (Å²) in [6.45, 7) is 2.60. The maximum Gasteiger partial charge on any atom is 0.213 e. The van der Waals surface area contributed by atoms with E-state index in [0.29, 0.717) is 18.1 Å². The van der Waals surface area contributed by atoms with Crippen LogP contribution in [0.4, 0.5) is 4.39 Å². The Morgan fingerprint density at radius 2 is 2.04 bits per heavy atom. The quantitative estimate of drug-likeness (QED) is 0.517. The van der Waals surface area contributed by atoms with Crippen LogP contribution in [0.5, 0.6) is 0 Å². The van der Waals surface area contributed by atoms with Crippen molar-refractivity contribution in [3.05, 3.63) is 54.1 Å². The first-order valence-corrected chi connectivity index (χ1v) is 8.47. The summed E-state index contributed by atoms with van der Waals surface area (Å²) in [5, 5.41) is 8.75. The molecular formula is C18H18FN7. The molecule has 7 nitrogen and oxygen atoms in total. The summed E-state index contributed by atoms with van der Waals surface area (Å²) in [5.41, 5.74) is 4.07. The Labute approximate surface area is 149 Å². The maximum absolute atomic E-state index is 13.5. The van der Waals surface area contributed by atoms with Gasteiger partial charge in [-0.15, -0.1) is 5.10 Å². The molecule has 0 bridgehead atoms. The number of pyridine rings is 1. The third kappa shape index (κ3) is 2.83. The van der Waals surface area contributed by atoms with Crippen LogP contribution in [0.2, 0.25) is 0 Å². The molecule has 4 heterocycles. The zero-order chi connectivity index (χ0) is 18.1. The Morgan fingerprint density at radius 3 is 2.85 bits per heavy atom. The van der Waals surface area contributed by atoms with Crippen molar-refractivity contribution in [3.63, 3.8) is 0 Å². The Balaban J connectivity index is 1.77. The molecule has 0 amide bonds. The molecule has 8 heteroatoms. The summed E-state index contributed by atoms with van der Waals surface area (Å²) in [5.74, 6) is 0.0632. The van der Waals surface area contributed by atoms with Crippen LogP contribution in [0.3, 0.4) is 0 Å². The largest absolute Gasteiger partial charge is 0.324 e. The zero-order valence-corrected chi connectivity index (χ0v) is 14.6. The minimum absolute atomic E-state index is 0.475. The molecule has 0 spiro atoms. The van der Waals surface area contributed by atoms with Crippen molar-refractivity contribution < 1.29 is 4.39 Å². The molecule has 4 aromatic rings. The van der Waals surface area contributed by atoms with Gasteiger partial charge in [0.1, 0.15) is 11.2 Å². The summed E-state index contributed by atoms with van der Waals surface area (Å²) < 4.78 is 17.2. The monoisotopic (exact) mass is 351 g/mol. The third-order valence-corrected chi connectivity index (χ3v) is 4.29. The topological polar surface area (TPSA) is 74.3 Å². The van der Waals surface area contributed by atoms with E-state index >= 15 is 0 Å². The molecule has 0 saturated heterocycles. The lowest BCUT2D eigenvalue weighted by molar-refractivity contribution is 0.584. The van der Waals surface area contributed by atoms with Crippen LogP contribution >= 0.6 is 0 Å². The lowest BCUT2D eigenvalue weighted by Crippen LogP contribution is -2.09. The fraction of sp³-hybridized carbons (Fsp3) is 0.278. The maximum atomic E-state index is 13.5. The number of fused-ring (bicyclic) bond motifs is 1. The lowest BCUT2D eigenvalue weighted by atomic mass is 10.1. The van der Waals surface area contributed by atoms with Gasteiger partial charge in [0.25, 0.3) is 0 Å². The number of halogens is 1. The molecule has 26 heavy (non-hydrogen) atoms. The van der Waals surface area contributed by atoms with Crippen molar-refractivity contribution in [1.82, 2.24) is 34.3 Å². The molecule has 0 fully saturated rings. The van der Waals surface area contributed by atoms with Gasteiger partial charge in [-0.25, -0.2) is 15.0 Å². The van der Waals surface area contributed by atoms with Crippen molar-refractivity contribution in [2.24, 2.45) is 7.05 Å². The highest BCUT2D eigenvalue weighted by molar-refractivity contribution is 5.75. The summed E-state index contributed by atoms with van der Waals surface area (Å²) in [6, 6.07) is 4.68. The van der Waals surface area contributed by atoms with Gasteiger partial charge >= 0.3 is 0 Å². The average Bonchev–Trinajstić information content (AvgIpc) is 3.24. The van der Waals surface area contributed by atoms with E-state index in [2.05, 4.69) is 32.1 Å². The van der Waals surface area contributed by atoms with E-state index in [9.17, 15) is 4.39 Å². The molecule has 0 N–H and O–H groups in total. The molecule has 0 aliphatic rings. The Bertz CT molecular complexity index is 1070. The summed E-state index contributed by atoms with van der Waals surface area (Å²) in [6.07, 6.45) is 7.10. The second-order valence-corrected chi connectivity index (χ2v) is 6.13. The molecule has 132 valence electrons. The van der Waals surface area contributed by atoms with Crippen LogP contribution < -0.4 is 0 Å². The van der Waals surface area contributed by atoms with E-state index in [1.54, 1.807) is 24.7 Å². The minimum atomic E-state index is -0.529. The summed E-state index contributed by atoms with van der Waals surface area (Å²) in [4.78, 5) is 12.8. The molecule has 0 aromatic carbocycles. The van der Waals surface area contributed by atoms with Gasteiger partial charge in [-0.05, 0) is 18.6 Å². The third-order valence-electron chi connectivity index (χ3n) is 4.29. The van der Waals surface area contributed by atoms with E-state index in [1.165, 1.54) is 6.07 Å². The number of hydrogen-bond acceptors (Lipinski definition) is 5. The van der Waals surface area contributed by atoms with Crippen LogP contribution in [0, 0.1) is 5.95 Å². The fourth-order valence-corrected chi connectivity index (χ4v) is 3.06. The van der Waals surface area contributed by atoms with Gasteiger partial charge in [0.15, 0.2) is 11.5 Å². The standard InChI is InChI=1S/C18H18FN7/c1-3-5-12-14(23-24-18-16(12)21-11-25(18)2)10-26-9-8-20-17(26)13-6-4-7-15(19)22-13/h4,6-9,11H,3,5,10H2,1-2H3. The highest BCUT2D eigenvalue weighted by Crippen LogP contribution is 2.22. The van der Waals surface area contributed by atoms with Crippen LogP contribution in [0.15, 0.2) is 36.9 Å². The molecule has 0 atom stereocenters. The highest BCUT2D eigenvalue weighted by Gasteiger charge is 2.16. The number of rotatable bonds is 5. The van der Waals surface area contributed by atoms with Gasteiger partial charge in [-0.1, -0.05) is 19.4 Å². The van der Waals surface area contributed by atoms with Crippen molar-refractivity contribution >= 4 is 11.2 Å². The lowest BCUT2D eigenvalue weighted by Gasteiger charge is -2.11. The second-order valence-electron chi connectivity index (χ2n) is 6.13. The normalized spacial score (nSPS) is 11.3. The number of aryl methyl sites for hydroxylation is 2. The van der Waals surface area contributed by atoms with Gasteiger partial charge in [0.05, 0.1) is 18.6 Å². The van der Waals surface area contributed by atoms with Crippen molar-refractivity contribution in [2.45, 2.75) is 26.3 Å². The molecule has 0 aliphatic carbocycles. The molecule has 0 saturated carbocycles. The smallest absolute Gasteiger partial charge is 0.213 e. The van der Waals surface area contributed by atoms with E-state index in [1.807, 2.05) is 22.4 Å². The van der Waals surface area contributed by atoms with Gasteiger partial charge in [0.2, 0.25) is 5.95 Å². The first-order valence-electron chi connectivity index (χ1n) is 8.47. The fourth-order valence-electron chi connectivity index (χ4n) is 3.06. The minimum Gasteiger partial charge on any atom is -0.324 e. The molecule has 0 unspecified atom stereocenters. The van der Waals surface area contributed by atoms with Crippen LogP contribution in [-0.2, 0) is 20.0 Å². The van der Waals surface area contributed by atoms with Crippen molar-refractivity contribution in [1.29, 1.82) is 0 Å². The van der Waals surface area contributed by atoms with Gasteiger partial charge in [-0.3, -0.25) is 0 Å². The summed E-state index contributed by atoms with van der Waals surface area (Å²) >= 11 is 0. The highest BCUT2D eigenvalue weighted by atomic mass is 19.1. The SMILES string of the molecule is CCCc1c(Cn2ccnc2-c2cccc(F)n2)nnc2c1ncn2C. The molecule has 4 rings (SSSR count). The van der Waals surface area contributed by atoms with Crippen LogP contribution in [-0.4, -0.2) is 34.3 Å². The Kier molecular flexibility index (Phi) is 4.16. The molecule has 0 aliphatic heterocycles. The zero-order valence-electron chi connectivity index (χ0n) is 14.6. The first kappa shape index (κ1) is 16.3. The predicted molar refractivity (Wildman–Crippen MR) is 94.8 cm³/mol. The Hall–Kier alpha value is -3.16. The van der Waals surface area contributed by atoms with Gasteiger partial charge in [0, 0.05) is 25.0 Å². The predicted octanol–water partition coefficient (Wildman–Crippen LogP) is 2.76. The Morgan fingerprint density at radius 1 is 1.15 bits per heavy atom. The van der Waals surface area contributed by atoms with Crippen LogP contribution in [0.1, 0.15) is 24.6 Å². The second kappa shape index (κ2) is 6.62. The molecule has 0 radical (unpaired) electrons. The van der Waals surface area contributed by atoms with E-state index in [0.717, 1.165) is 35.3 Å². The first-order chi connectivity index (χ1) is 12.7. The number of nitrogens with zero attached hydrogens (tertiary/aromatic N) is 7. The van der Waals surface area contributed by atoms with Crippen LogP contribution in [0.25, 0.3) is 22.7 Å².